The lowest BCUT2D eigenvalue weighted by atomic mass is 10.1. The smallest absolute Gasteiger partial charge is 0.322 e. The summed E-state index contributed by atoms with van der Waals surface area (Å²) in [7, 11) is 1.59. The summed E-state index contributed by atoms with van der Waals surface area (Å²) < 4.78 is 11.1. The number of morpholine rings is 1. The number of halogens is 1. The molecule has 2 saturated heterocycles. The topological polar surface area (TPSA) is 74.4 Å². The number of ether oxygens (including phenoxy) is 2. The fraction of sp³-hybridized carbons (Fsp3) is 0.417. The summed E-state index contributed by atoms with van der Waals surface area (Å²) in [5, 5.41) is 3.48. The Balaban J connectivity index is 1.25. The van der Waals surface area contributed by atoms with E-state index in [0.29, 0.717) is 54.8 Å². The van der Waals surface area contributed by atoms with E-state index < -0.39 is 0 Å². The molecule has 2 heterocycles. The zero-order chi connectivity index (χ0) is 23.2. The Bertz CT molecular complexity index is 980. The lowest BCUT2D eigenvalue weighted by Crippen LogP contribution is -2.54. The van der Waals surface area contributed by atoms with Crippen molar-refractivity contribution < 1.29 is 19.1 Å². The monoisotopic (exact) mass is 472 g/mol. The molecule has 2 aliphatic heterocycles. The number of hydrogen-bond acceptors (Lipinski definition) is 5. The van der Waals surface area contributed by atoms with Gasteiger partial charge in [0.2, 0.25) is 0 Å². The number of benzene rings is 2. The van der Waals surface area contributed by atoms with Gasteiger partial charge < -0.3 is 24.6 Å². The summed E-state index contributed by atoms with van der Waals surface area (Å²) in [4.78, 5) is 31.4. The SMILES string of the molecule is COc1cccc(C(=O)N2CCN(CC3CN(C(=O)Nc4cccc(Cl)c4)CCO3)CC2)c1. The molecule has 4 rings (SSSR count). The molecule has 0 aromatic heterocycles. The van der Waals surface area contributed by atoms with Gasteiger partial charge in [0.15, 0.2) is 0 Å². The highest BCUT2D eigenvalue weighted by molar-refractivity contribution is 6.30. The van der Waals surface area contributed by atoms with Crippen molar-refractivity contribution in [1.82, 2.24) is 14.7 Å². The molecule has 0 radical (unpaired) electrons. The van der Waals surface area contributed by atoms with Crippen LogP contribution in [0.4, 0.5) is 10.5 Å². The molecule has 2 aromatic rings. The van der Waals surface area contributed by atoms with Crippen molar-refractivity contribution in [2.45, 2.75) is 6.10 Å². The molecule has 3 amide bonds. The van der Waals surface area contributed by atoms with Crippen LogP contribution in [0.2, 0.25) is 5.02 Å². The Morgan fingerprint density at radius 2 is 1.85 bits per heavy atom. The third-order valence-electron chi connectivity index (χ3n) is 5.94. The van der Waals surface area contributed by atoms with Gasteiger partial charge in [-0.3, -0.25) is 9.69 Å². The molecule has 9 heteroatoms. The van der Waals surface area contributed by atoms with Crippen LogP contribution in [0.5, 0.6) is 5.75 Å². The number of carbonyl (C=O) groups excluding carboxylic acids is 2. The molecule has 1 unspecified atom stereocenters. The molecule has 33 heavy (non-hydrogen) atoms. The van der Waals surface area contributed by atoms with E-state index in [4.69, 9.17) is 21.1 Å². The second kappa shape index (κ2) is 10.9. The maximum Gasteiger partial charge on any atom is 0.322 e. The Morgan fingerprint density at radius 3 is 2.61 bits per heavy atom. The third-order valence-corrected chi connectivity index (χ3v) is 6.18. The number of piperazine rings is 1. The van der Waals surface area contributed by atoms with Gasteiger partial charge in [0.1, 0.15) is 5.75 Å². The van der Waals surface area contributed by atoms with E-state index in [1.54, 1.807) is 36.3 Å². The normalized spacial score (nSPS) is 19.3. The van der Waals surface area contributed by atoms with Crippen molar-refractivity contribution in [1.29, 1.82) is 0 Å². The van der Waals surface area contributed by atoms with Crippen LogP contribution in [0, 0.1) is 0 Å². The van der Waals surface area contributed by atoms with Gasteiger partial charge in [-0.2, -0.15) is 0 Å². The van der Waals surface area contributed by atoms with Crippen molar-refractivity contribution in [2.24, 2.45) is 0 Å². The Morgan fingerprint density at radius 1 is 1.06 bits per heavy atom. The largest absolute Gasteiger partial charge is 0.497 e. The highest BCUT2D eigenvalue weighted by Gasteiger charge is 2.28. The summed E-state index contributed by atoms with van der Waals surface area (Å²) in [6.07, 6.45) is -0.0653. The number of carbonyl (C=O) groups is 2. The number of anilines is 1. The molecule has 0 aliphatic carbocycles. The average Bonchev–Trinajstić information content (AvgIpc) is 2.84. The number of urea groups is 1. The number of hydrogen-bond donors (Lipinski definition) is 1. The zero-order valence-corrected chi connectivity index (χ0v) is 19.5. The van der Waals surface area contributed by atoms with Crippen LogP contribution in [0.15, 0.2) is 48.5 Å². The molecular weight excluding hydrogens is 444 g/mol. The predicted octanol–water partition coefficient (Wildman–Crippen LogP) is 3.04. The van der Waals surface area contributed by atoms with Gasteiger partial charge >= 0.3 is 6.03 Å². The molecule has 1 atom stereocenters. The van der Waals surface area contributed by atoms with E-state index >= 15 is 0 Å². The van der Waals surface area contributed by atoms with Gasteiger partial charge in [-0.15, -0.1) is 0 Å². The zero-order valence-electron chi connectivity index (χ0n) is 18.7. The molecule has 2 fully saturated rings. The standard InChI is InChI=1S/C24H29ClN4O4/c1-32-21-7-2-4-18(14-21)23(30)28-10-8-27(9-11-28)16-22-17-29(12-13-33-22)24(31)26-20-6-3-5-19(25)15-20/h2-7,14-15,22H,8-13,16-17H2,1H3,(H,26,31). The number of nitrogens with zero attached hydrogens (tertiary/aromatic N) is 3. The van der Waals surface area contributed by atoms with Crippen molar-refractivity contribution in [3.8, 4) is 5.75 Å². The molecule has 176 valence electrons. The Kier molecular flexibility index (Phi) is 7.69. The number of rotatable bonds is 5. The van der Waals surface area contributed by atoms with Gasteiger partial charge in [-0.1, -0.05) is 23.7 Å². The maximum absolute atomic E-state index is 12.8. The molecule has 8 nitrogen and oxygen atoms in total. The van der Waals surface area contributed by atoms with Crippen LogP contribution >= 0.6 is 11.6 Å². The van der Waals surface area contributed by atoms with Crippen molar-refractivity contribution in [2.75, 3.05) is 64.8 Å². The van der Waals surface area contributed by atoms with E-state index in [1.807, 2.05) is 29.2 Å². The van der Waals surface area contributed by atoms with E-state index in [2.05, 4.69) is 10.2 Å². The lowest BCUT2D eigenvalue weighted by Gasteiger charge is -2.39. The van der Waals surface area contributed by atoms with Crippen LogP contribution in [0.25, 0.3) is 0 Å². The van der Waals surface area contributed by atoms with Crippen LogP contribution in [-0.4, -0.2) is 92.3 Å². The Labute approximate surface area is 199 Å². The highest BCUT2D eigenvalue weighted by Crippen LogP contribution is 2.18. The fourth-order valence-corrected chi connectivity index (χ4v) is 4.33. The van der Waals surface area contributed by atoms with Crippen molar-refractivity contribution in [3.05, 3.63) is 59.1 Å². The second-order valence-corrected chi connectivity index (χ2v) is 8.64. The lowest BCUT2D eigenvalue weighted by molar-refractivity contribution is -0.0338. The first kappa shape index (κ1) is 23.4. The van der Waals surface area contributed by atoms with Gasteiger partial charge in [0.05, 0.1) is 19.8 Å². The number of nitrogens with one attached hydrogen (secondary N) is 1. The van der Waals surface area contributed by atoms with Crippen LogP contribution < -0.4 is 10.1 Å². The maximum atomic E-state index is 12.8. The molecule has 2 aliphatic rings. The second-order valence-electron chi connectivity index (χ2n) is 8.20. The van der Waals surface area contributed by atoms with Crippen LogP contribution in [0.3, 0.4) is 0 Å². The summed E-state index contributed by atoms with van der Waals surface area (Å²) >= 11 is 6.00. The summed E-state index contributed by atoms with van der Waals surface area (Å²) in [6, 6.07) is 14.2. The van der Waals surface area contributed by atoms with Gasteiger partial charge in [0.25, 0.3) is 5.91 Å². The fourth-order valence-electron chi connectivity index (χ4n) is 4.14. The summed E-state index contributed by atoms with van der Waals surface area (Å²) in [5.74, 6) is 0.698. The van der Waals surface area contributed by atoms with Crippen LogP contribution in [-0.2, 0) is 4.74 Å². The Hall–Kier alpha value is -2.81. The van der Waals surface area contributed by atoms with Gasteiger partial charge in [-0.05, 0) is 36.4 Å². The minimum absolute atomic E-state index is 0.0197. The van der Waals surface area contributed by atoms with E-state index in [9.17, 15) is 9.59 Å². The van der Waals surface area contributed by atoms with Gasteiger partial charge in [-0.25, -0.2) is 4.79 Å². The third kappa shape index (κ3) is 6.16. The van der Waals surface area contributed by atoms with Crippen LogP contribution in [0.1, 0.15) is 10.4 Å². The highest BCUT2D eigenvalue weighted by atomic mass is 35.5. The minimum Gasteiger partial charge on any atom is -0.497 e. The number of methoxy groups -OCH3 is 1. The molecular formula is C24H29ClN4O4. The molecule has 1 N–H and O–H groups in total. The summed E-state index contributed by atoms with van der Waals surface area (Å²) in [6.45, 7) is 5.14. The van der Waals surface area contributed by atoms with Crippen molar-refractivity contribution >= 4 is 29.2 Å². The van der Waals surface area contributed by atoms with Gasteiger partial charge in [0, 0.05) is 62.1 Å². The quantitative estimate of drug-likeness (QED) is 0.724. The minimum atomic E-state index is -0.153. The molecule has 0 spiro atoms. The first-order valence-corrected chi connectivity index (χ1v) is 11.5. The molecule has 0 bridgehead atoms. The first-order chi connectivity index (χ1) is 16.0. The van der Waals surface area contributed by atoms with Crippen molar-refractivity contribution in [3.63, 3.8) is 0 Å². The number of amides is 3. The average molecular weight is 473 g/mol. The van der Waals surface area contributed by atoms with E-state index in [0.717, 1.165) is 19.6 Å². The first-order valence-electron chi connectivity index (χ1n) is 11.1. The predicted molar refractivity (Wildman–Crippen MR) is 127 cm³/mol. The summed E-state index contributed by atoms with van der Waals surface area (Å²) in [5.41, 5.74) is 1.31. The molecule has 0 saturated carbocycles. The molecule has 2 aromatic carbocycles. The van der Waals surface area contributed by atoms with E-state index in [-0.39, 0.29) is 18.0 Å². The van der Waals surface area contributed by atoms with E-state index in [1.165, 1.54) is 0 Å².